The lowest BCUT2D eigenvalue weighted by molar-refractivity contribution is -0.139. The van der Waals surface area contributed by atoms with Crippen LogP contribution in [0.2, 0.25) is 0 Å². The number of nitrogens with one attached hydrogen (secondary N) is 2. The third-order valence-electron chi connectivity index (χ3n) is 4.21. The van der Waals surface area contributed by atoms with E-state index in [1.54, 1.807) is 0 Å². The molecular weight excluding hydrogens is 276 g/mol. The number of urea groups is 1. The van der Waals surface area contributed by atoms with Crippen molar-refractivity contribution in [2.45, 2.75) is 50.2 Å². The minimum absolute atomic E-state index is 0.00168. The zero-order valence-corrected chi connectivity index (χ0v) is 11.9. The molecule has 2 heterocycles. The van der Waals surface area contributed by atoms with Gasteiger partial charge in [0.05, 0.1) is 0 Å². The number of rotatable bonds is 6. The average molecular weight is 298 g/mol. The fourth-order valence-electron chi connectivity index (χ4n) is 3.16. The number of amides is 3. The van der Waals surface area contributed by atoms with Crippen LogP contribution in [0.1, 0.15) is 32.1 Å². The first-order valence-corrected chi connectivity index (χ1v) is 7.29. The summed E-state index contributed by atoms with van der Waals surface area (Å²) >= 11 is 0. The van der Waals surface area contributed by atoms with Crippen LogP contribution in [0, 0.1) is 0 Å². The minimum Gasteiger partial charge on any atom is -0.480 e. The van der Waals surface area contributed by atoms with Crippen molar-refractivity contribution in [1.82, 2.24) is 15.5 Å². The second kappa shape index (κ2) is 6.75. The first kappa shape index (κ1) is 15.6. The van der Waals surface area contributed by atoms with Gasteiger partial charge >= 0.3 is 12.0 Å². The van der Waals surface area contributed by atoms with E-state index in [0.717, 1.165) is 32.4 Å². The Morgan fingerprint density at radius 1 is 1.29 bits per heavy atom. The van der Waals surface area contributed by atoms with Crippen LogP contribution >= 0.6 is 0 Å². The van der Waals surface area contributed by atoms with Crippen molar-refractivity contribution in [2.75, 3.05) is 13.1 Å². The summed E-state index contributed by atoms with van der Waals surface area (Å²) in [7, 11) is 0. The Labute approximate surface area is 123 Å². The molecule has 5 N–H and O–H groups in total. The van der Waals surface area contributed by atoms with Crippen LogP contribution < -0.4 is 16.4 Å². The van der Waals surface area contributed by atoms with Crippen molar-refractivity contribution >= 4 is 17.9 Å². The summed E-state index contributed by atoms with van der Waals surface area (Å²) in [5.74, 6) is -1.75. The molecule has 2 fully saturated rings. The SMILES string of the molecule is NC(=O)CC[C@H](NC(=O)NC1CCN2CCCC12)C(=O)O. The van der Waals surface area contributed by atoms with Gasteiger partial charge < -0.3 is 21.5 Å². The Balaban J connectivity index is 1.81. The van der Waals surface area contributed by atoms with Gasteiger partial charge in [-0.15, -0.1) is 0 Å². The molecule has 0 aromatic heterocycles. The molecule has 118 valence electrons. The summed E-state index contributed by atoms with van der Waals surface area (Å²) in [6.07, 6.45) is 3.02. The highest BCUT2D eigenvalue weighted by Crippen LogP contribution is 2.27. The molecule has 0 aromatic carbocycles. The molecule has 2 unspecified atom stereocenters. The van der Waals surface area contributed by atoms with E-state index in [2.05, 4.69) is 15.5 Å². The van der Waals surface area contributed by atoms with Gasteiger partial charge in [0, 0.05) is 25.0 Å². The molecule has 2 aliphatic rings. The van der Waals surface area contributed by atoms with Crippen molar-refractivity contribution < 1.29 is 19.5 Å². The van der Waals surface area contributed by atoms with E-state index in [4.69, 9.17) is 10.8 Å². The van der Waals surface area contributed by atoms with Crippen molar-refractivity contribution in [3.8, 4) is 0 Å². The fourth-order valence-corrected chi connectivity index (χ4v) is 3.16. The maximum Gasteiger partial charge on any atom is 0.326 e. The van der Waals surface area contributed by atoms with E-state index in [1.165, 1.54) is 0 Å². The molecule has 8 nitrogen and oxygen atoms in total. The third-order valence-corrected chi connectivity index (χ3v) is 4.21. The first-order chi connectivity index (χ1) is 9.97. The molecule has 0 spiro atoms. The predicted octanol–water partition coefficient (Wildman–Crippen LogP) is -0.759. The van der Waals surface area contributed by atoms with Crippen molar-refractivity contribution in [3.63, 3.8) is 0 Å². The zero-order chi connectivity index (χ0) is 15.4. The Morgan fingerprint density at radius 2 is 2.05 bits per heavy atom. The predicted molar refractivity (Wildman–Crippen MR) is 74.5 cm³/mol. The second-order valence-corrected chi connectivity index (χ2v) is 5.65. The normalized spacial score (nSPS) is 26.1. The van der Waals surface area contributed by atoms with E-state index >= 15 is 0 Å². The number of hydrogen-bond donors (Lipinski definition) is 4. The summed E-state index contributed by atoms with van der Waals surface area (Å²) in [4.78, 5) is 36.1. The highest BCUT2D eigenvalue weighted by atomic mass is 16.4. The molecule has 21 heavy (non-hydrogen) atoms. The van der Waals surface area contributed by atoms with Crippen molar-refractivity contribution in [2.24, 2.45) is 5.73 Å². The molecule has 0 aliphatic carbocycles. The molecule has 0 radical (unpaired) electrons. The molecule has 2 aliphatic heterocycles. The van der Waals surface area contributed by atoms with E-state index < -0.39 is 23.9 Å². The van der Waals surface area contributed by atoms with Gasteiger partial charge in [-0.1, -0.05) is 0 Å². The lowest BCUT2D eigenvalue weighted by atomic mass is 10.1. The highest BCUT2D eigenvalue weighted by Gasteiger charge is 2.38. The molecule has 3 atom stereocenters. The van der Waals surface area contributed by atoms with Gasteiger partial charge in [-0.2, -0.15) is 0 Å². The van der Waals surface area contributed by atoms with E-state index in [9.17, 15) is 14.4 Å². The van der Waals surface area contributed by atoms with Crippen molar-refractivity contribution in [3.05, 3.63) is 0 Å². The topological polar surface area (TPSA) is 125 Å². The lowest BCUT2D eigenvalue weighted by Gasteiger charge is -2.22. The number of fused-ring (bicyclic) bond motifs is 1. The Kier molecular flexibility index (Phi) is 5.00. The number of carbonyl (C=O) groups is 3. The molecule has 8 heteroatoms. The van der Waals surface area contributed by atoms with Crippen LogP contribution in [-0.2, 0) is 9.59 Å². The Morgan fingerprint density at radius 3 is 2.71 bits per heavy atom. The van der Waals surface area contributed by atoms with Gasteiger partial charge in [-0.25, -0.2) is 9.59 Å². The van der Waals surface area contributed by atoms with Crippen LogP contribution in [0.25, 0.3) is 0 Å². The van der Waals surface area contributed by atoms with Gasteiger partial charge in [0.1, 0.15) is 6.04 Å². The zero-order valence-electron chi connectivity index (χ0n) is 11.9. The second-order valence-electron chi connectivity index (χ2n) is 5.65. The lowest BCUT2D eigenvalue weighted by Crippen LogP contribution is -2.51. The highest BCUT2D eigenvalue weighted by molar-refractivity contribution is 5.83. The number of nitrogens with two attached hydrogens (primary N) is 1. The maximum atomic E-state index is 11.9. The molecule has 2 rings (SSSR count). The van der Waals surface area contributed by atoms with Gasteiger partial charge in [-0.3, -0.25) is 9.69 Å². The van der Waals surface area contributed by atoms with E-state index in [-0.39, 0.29) is 18.9 Å². The summed E-state index contributed by atoms with van der Waals surface area (Å²) < 4.78 is 0. The quantitative estimate of drug-likeness (QED) is 0.513. The largest absolute Gasteiger partial charge is 0.480 e. The molecular formula is C13H22N4O4. The molecule has 2 saturated heterocycles. The van der Waals surface area contributed by atoms with Crippen LogP contribution in [0.4, 0.5) is 4.79 Å². The Bertz CT molecular complexity index is 428. The molecule has 3 amide bonds. The van der Waals surface area contributed by atoms with Crippen LogP contribution in [0.15, 0.2) is 0 Å². The summed E-state index contributed by atoms with van der Waals surface area (Å²) in [5.41, 5.74) is 5.00. The standard InChI is InChI=1S/C13H22N4O4/c14-11(18)4-3-9(12(19)20)16-13(21)15-8-5-7-17-6-1-2-10(8)17/h8-10H,1-7H2,(H2,14,18)(H,19,20)(H2,15,16,21)/t8?,9-,10?/m0/s1. The minimum atomic E-state index is -1.17. The maximum absolute atomic E-state index is 11.9. The summed E-state index contributed by atoms with van der Waals surface area (Å²) in [5, 5.41) is 14.3. The first-order valence-electron chi connectivity index (χ1n) is 7.29. The number of primary amides is 1. The number of aliphatic carboxylic acids is 1. The van der Waals surface area contributed by atoms with Crippen molar-refractivity contribution in [1.29, 1.82) is 0 Å². The molecule has 0 saturated carbocycles. The summed E-state index contributed by atoms with van der Waals surface area (Å²) in [6.45, 7) is 2.04. The average Bonchev–Trinajstić information content (AvgIpc) is 2.99. The summed E-state index contributed by atoms with van der Waals surface area (Å²) in [6, 6.07) is -1.16. The van der Waals surface area contributed by atoms with Gasteiger partial charge in [0.2, 0.25) is 5.91 Å². The van der Waals surface area contributed by atoms with Gasteiger partial charge in [0.25, 0.3) is 0 Å². The number of hydrogen-bond acceptors (Lipinski definition) is 4. The number of carboxylic acid groups (broad SMARTS) is 1. The van der Waals surface area contributed by atoms with Crippen LogP contribution in [0.3, 0.4) is 0 Å². The smallest absolute Gasteiger partial charge is 0.326 e. The number of nitrogens with zero attached hydrogens (tertiary/aromatic N) is 1. The van der Waals surface area contributed by atoms with E-state index in [1.807, 2.05) is 0 Å². The van der Waals surface area contributed by atoms with Crippen LogP contribution in [-0.4, -0.2) is 59.1 Å². The fraction of sp³-hybridized carbons (Fsp3) is 0.769. The molecule has 0 aromatic rings. The third kappa shape index (κ3) is 4.07. The monoisotopic (exact) mass is 298 g/mol. The molecule has 0 bridgehead atoms. The number of carboxylic acids is 1. The Hall–Kier alpha value is -1.83. The van der Waals surface area contributed by atoms with Gasteiger partial charge in [-0.05, 0) is 32.2 Å². The number of carbonyl (C=O) groups excluding carboxylic acids is 2. The van der Waals surface area contributed by atoms with Crippen LogP contribution in [0.5, 0.6) is 0 Å². The van der Waals surface area contributed by atoms with Gasteiger partial charge in [0.15, 0.2) is 0 Å². The van der Waals surface area contributed by atoms with E-state index in [0.29, 0.717) is 6.04 Å².